The molecule has 1 fully saturated rings. The number of nitrogens with zero attached hydrogens (tertiary/aromatic N) is 1. The van der Waals surface area contributed by atoms with Gasteiger partial charge in [0.05, 0.1) is 0 Å². The zero-order chi connectivity index (χ0) is 17.4. The standard InChI is InChI=1S/C17H24N4O3S/c22-17(20-25(23,24)21-9-7-18-8-10-21)19-16-14-5-1-3-12(14)11-13-4-2-6-15(13)16/h11,18H,1-10H2,(H2,19,20,22). The van der Waals surface area contributed by atoms with Gasteiger partial charge in [-0.1, -0.05) is 6.07 Å². The highest BCUT2D eigenvalue weighted by molar-refractivity contribution is 7.87. The molecule has 2 aliphatic carbocycles. The number of hydrogen-bond donors (Lipinski definition) is 3. The van der Waals surface area contributed by atoms with Crippen molar-refractivity contribution in [1.82, 2.24) is 14.3 Å². The molecule has 7 nitrogen and oxygen atoms in total. The lowest BCUT2D eigenvalue weighted by molar-refractivity contribution is 0.255. The summed E-state index contributed by atoms with van der Waals surface area (Å²) in [7, 11) is -3.80. The number of hydrogen-bond acceptors (Lipinski definition) is 4. The van der Waals surface area contributed by atoms with E-state index in [9.17, 15) is 13.2 Å². The number of benzene rings is 1. The molecule has 0 aromatic heterocycles. The number of carbonyl (C=O) groups excluding carboxylic acids is 1. The number of amides is 2. The van der Waals surface area contributed by atoms with Crippen molar-refractivity contribution >= 4 is 21.9 Å². The quantitative estimate of drug-likeness (QED) is 0.744. The third-order valence-electron chi connectivity index (χ3n) is 5.35. The molecule has 0 unspecified atom stereocenters. The summed E-state index contributed by atoms with van der Waals surface area (Å²) in [5, 5.41) is 5.97. The fourth-order valence-corrected chi connectivity index (χ4v) is 5.25. The first-order chi connectivity index (χ1) is 12.0. The Morgan fingerprint density at radius 1 is 1.00 bits per heavy atom. The summed E-state index contributed by atoms with van der Waals surface area (Å²) in [6, 6.07) is 1.62. The minimum atomic E-state index is -3.80. The molecule has 0 radical (unpaired) electrons. The molecule has 0 bridgehead atoms. The van der Waals surface area contributed by atoms with Crippen molar-refractivity contribution in [1.29, 1.82) is 0 Å². The molecule has 1 saturated heterocycles. The number of rotatable bonds is 3. The average Bonchev–Trinajstić information content (AvgIpc) is 3.24. The van der Waals surface area contributed by atoms with Crippen molar-refractivity contribution in [3.8, 4) is 0 Å². The maximum Gasteiger partial charge on any atom is 0.333 e. The average molecular weight is 364 g/mol. The van der Waals surface area contributed by atoms with Gasteiger partial charge in [0, 0.05) is 31.9 Å². The van der Waals surface area contributed by atoms with Crippen LogP contribution in [0.2, 0.25) is 0 Å². The molecule has 1 aliphatic heterocycles. The summed E-state index contributed by atoms with van der Waals surface area (Å²) in [6.45, 7) is 1.95. The SMILES string of the molecule is O=C(Nc1c2c(cc3c1CCC3)CCC2)NS(=O)(=O)N1CCNCC1. The summed E-state index contributed by atoms with van der Waals surface area (Å²) in [5.41, 5.74) is 5.85. The monoisotopic (exact) mass is 364 g/mol. The van der Waals surface area contributed by atoms with Gasteiger partial charge in [-0.15, -0.1) is 0 Å². The van der Waals surface area contributed by atoms with E-state index in [0.717, 1.165) is 44.2 Å². The molecule has 0 saturated carbocycles. The van der Waals surface area contributed by atoms with Crippen LogP contribution in [0.5, 0.6) is 0 Å². The Hall–Kier alpha value is -1.64. The van der Waals surface area contributed by atoms with Crippen LogP contribution in [-0.4, -0.2) is 44.9 Å². The van der Waals surface area contributed by atoms with E-state index in [0.29, 0.717) is 26.2 Å². The number of nitrogens with one attached hydrogen (secondary N) is 3. The topological polar surface area (TPSA) is 90.5 Å². The predicted molar refractivity (Wildman–Crippen MR) is 96.0 cm³/mol. The molecule has 4 rings (SSSR count). The third-order valence-corrected chi connectivity index (χ3v) is 6.84. The molecule has 8 heteroatoms. The van der Waals surface area contributed by atoms with Gasteiger partial charge in [0.2, 0.25) is 0 Å². The van der Waals surface area contributed by atoms with Gasteiger partial charge in [0.1, 0.15) is 0 Å². The summed E-state index contributed by atoms with van der Waals surface area (Å²) < 4.78 is 28.2. The maximum absolute atomic E-state index is 12.4. The second-order valence-corrected chi connectivity index (χ2v) is 8.61. The Balaban J connectivity index is 1.54. The summed E-state index contributed by atoms with van der Waals surface area (Å²) >= 11 is 0. The third kappa shape index (κ3) is 3.26. The van der Waals surface area contributed by atoms with Gasteiger partial charge < -0.3 is 10.6 Å². The lowest BCUT2D eigenvalue weighted by atomic mass is 9.99. The molecule has 0 atom stereocenters. The van der Waals surface area contributed by atoms with E-state index >= 15 is 0 Å². The smallest absolute Gasteiger partial charge is 0.314 e. The van der Waals surface area contributed by atoms with Crippen LogP contribution in [0.3, 0.4) is 0 Å². The van der Waals surface area contributed by atoms with E-state index in [1.165, 1.54) is 26.6 Å². The van der Waals surface area contributed by atoms with Crippen LogP contribution >= 0.6 is 0 Å². The fraction of sp³-hybridized carbons (Fsp3) is 0.588. The van der Waals surface area contributed by atoms with Crippen LogP contribution in [0.25, 0.3) is 0 Å². The van der Waals surface area contributed by atoms with Crippen LogP contribution in [0.4, 0.5) is 10.5 Å². The molecule has 1 heterocycles. The highest BCUT2D eigenvalue weighted by Gasteiger charge is 2.28. The number of urea groups is 1. The van der Waals surface area contributed by atoms with Crippen molar-refractivity contribution in [2.45, 2.75) is 38.5 Å². The molecular weight excluding hydrogens is 340 g/mol. The van der Waals surface area contributed by atoms with Crippen molar-refractivity contribution in [3.63, 3.8) is 0 Å². The number of piperazine rings is 1. The first-order valence-corrected chi connectivity index (χ1v) is 10.4. The van der Waals surface area contributed by atoms with Gasteiger partial charge in [0.25, 0.3) is 0 Å². The maximum atomic E-state index is 12.4. The van der Waals surface area contributed by atoms with Crippen LogP contribution in [0.15, 0.2) is 6.07 Å². The predicted octanol–water partition coefficient (Wildman–Crippen LogP) is 0.936. The first-order valence-electron chi connectivity index (χ1n) is 9.01. The zero-order valence-corrected chi connectivity index (χ0v) is 15.0. The van der Waals surface area contributed by atoms with E-state index in [1.807, 2.05) is 0 Å². The summed E-state index contributed by atoms with van der Waals surface area (Å²) in [6.07, 6.45) is 6.16. The van der Waals surface area contributed by atoms with E-state index in [4.69, 9.17) is 0 Å². The van der Waals surface area contributed by atoms with E-state index < -0.39 is 16.2 Å². The zero-order valence-electron chi connectivity index (χ0n) is 14.2. The van der Waals surface area contributed by atoms with E-state index in [1.54, 1.807) is 0 Å². The molecule has 25 heavy (non-hydrogen) atoms. The highest BCUT2D eigenvalue weighted by Crippen LogP contribution is 2.38. The molecule has 2 amide bonds. The second kappa shape index (κ2) is 6.59. The minimum absolute atomic E-state index is 0.374. The van der Waals surface area contributed by atoms with Crippen molar-refractivity contribution in [2.24, 2.45) is 0 Å². The molecule has 136 valence electrons. The molecule has 0 spiro atoms. The number of carbonyl (C=O) groups is 1. The Kier molecular flexibility index (Phi) is 4.43. The molecule has 3 N–H and O–H groups in total. The van der Waals surface area contributed by atoms with Crippen molar-refractivity contribution in [3.05, 3.63) is 28.3 Å². The summed E-state index contributed by atoms with van der Waals surface area (Å²) in [4.78, 5) is 12.4. The minimum Gasteiger partial charge on any atom is -0.314 e. The van der Waals surface area contributed by atoms with Crippen molar-refractivity contribution in [2.75, 3.05) is 31.5 Å². The van der Waals surface area contributed by atoms with Crippen LogP contribution < -0.4 is 15.4 Å². The number of anilines is 1. The van der Waals surface area contributed by atoms with Gasteiger partial charge in [0.15, 0.2) is 0 Å². The Bertz CT molecular complexity index is 768. The van der Waals surface area contributed by atoms with Gasteiger partial charge in [-0.05, 0) is 60.8 Å². The van der Waals surface area contributed by atoms with Gasteiger partial charge in [-0.25, -0.2) is 9.52 Å². The van der Waals surface area contributed by atoms with E-state index in [2.05, 4.69) is 21.4 Å². The van der Waals surface area contributed by atoms with Crippen molar-refractivity contribution < 1.29 is 13.2 Å². The van der Waals surface area contributed by atoms with Gasteiger partial charge in [-0.3, -0.25) is 0 Å². The molecule has 3 aliphatic rings. The largest absolute Gasteiger partial charge is 0.333 e. The van der Waals surface area contributed by atoms with Gasteiger partial charge in [-0.2, -0.15) is 12.7 Å². The number of fused-ring (bicyclic) bond motifs is 2. The fourth-order valence-electron chi connectivity index (χ4n) is 4.17. The lowest BCUT2D eigenvalue weighted by Crippen LogP contribution is -2.52. The van der Waals surface area contributed by atoms with Gasteiger partial charge >= 0.3 is 16.2 Å². The van der Waals surface area contributed by atoms with Crippen LogP contribution in [0, 0.1) is 0 Å². The number of aryl methyl sites for hydroxylation is 2. The normalized spacial score (nSPS) is 20.2. The second-order valence-electron chi connectivity index (χ2n) is 6.94. The molecule has 1 aromatic rings. The first kappa shape index (κ1) is 16.8. The Morgan fingerprint density at radius 3 is 2.20 bits per heavy atom. The lowest BCUT2D eigenvalue weighted by Gasteiger charge is -2.26. The Morgan fingerprint density at radius 2 is 1.60 bits per heavy atom. The van der Waals surface area contributed by atoms with E-state index in [-0.39, 0.29) is 0 Å². The van der Waals surface area contributed by atoms with Crippen LogP contribution in [-0.2, 0) is 35.9 Å². The van der Waals surface area contributed by atoms with Crippen LogP contribution in [0.1, 0.15) is 35.1 Å². The summed E-state index contributed by atoms with van der Waals surface area (Å²) in [5.74, 6) is 0. The Labute approximate surface area is 148 Å². The molecule has 1 aromatic carbocycles. The highest BCUT2D eigenvalue weighted by atomic mass is 32.2. The molecular formula is C17H24N4O3S.